The van der Waals surface area contributed by atoms with Crippen LogP contribution in [0.25, 0.3) is 16.8 Å². The summed E-state index contributed by atoms with van der Waals surface area (Å²) >= 11 is 1.14. The first-order valence-electron chi connectivity index (χ1n) is 6.92. The van der Waals surface area contributed by atoms with Gasteiger partial charge in [0.2, 0.25) is 5.76 Å². The highest BCUT2D eigenvalue weighted by Crippen LogP contribution is 2.27. The van der Waals surface area contributed by atoms with Crippen molar-refractivity contribution in [2.75, 3.05) is 5.32 Å². The molecule has 0 atom stereocenters. The predicted molar refractivity (Wildman–Crippen MR) is 89.2 cm³/mol. The summed E-state index contributed by atoms with van der Waals surface area (Å²) in [4.78, 5) is 4.37. The molecule has 0 amide bonds. The predicted octanol–water partition coefficient (Wildman–Crippen LogP) is 3.13. The summed E-state index contributed by atoms with van der Waals surface area (Å²) in [6, 6.07) is 5.45. The van der Waals surface area contributed by atoms with Gasteiger partial charge in [-0.05, 0) is 24.4 Å². The maximum atomic E-state index is 8.87. The first-order valence-corrected chi connectivity index (χ1v) is 7.80. The quantitative estimate of drug-likeness (QED) is 0.694. The van der Waals surface area contributed by atoms with E-state index in [2.05, 4.69) is 15.4 Å². The van der Waals surface area contributed by atoms with E-state index in [4.69, 9.17) is 14.8 Å². The third-order valence-electron chi connectivity index (χ3n) is 3.19. The third-order valence-corrected chi connectivity index (χ3v) is 3.71. The van der Waals surface area contributed by atoms with Crippen LogP contribution < -0.4 is 10.5 Å². The summed E-state index contributed by atoms with van der Waals surface area (Å²) in [5, 5.41) is 23.0. The Morgan fingerprint density at radius 2 is 2.48 bits per heavy atom. The molecule has 0 aromatic carbocycles. The maximum absolute atomic E-state index is 8.87. The molecule has 0 fully saturated rings. The van der Waals surface area contributed by atoms with Crippen molar-refractivity contribution in [3.05, 3.63) is 47.7 Å². The zero-order valence-electron chi connectivity index (χ0n) is 12.4. The van der Waals surface area contributed by atoms with E-state index in [0.29, 0.717) is 5.65 Å². The van der Waals surface area contributed by atoms with Crippen LogP contribution >= 0.6 is 11.9 Å². The number of hydrogen-bond acceptors (Lipinski definition) is 7. The Balaban J connectivity index is 2.04. The monoisotopic (exact) mass is 326 g/mol. The Hall–Kier alpha value is -2.76. The fraction of sp³-hybridized carbons (Fsp3) is 0.133. The van der Waals surface area contributed by atoms with Gasteiger partial charge < -0.3 is 9.73 Å². The average molecular weight is 326 g/mol. The van der Waals surface area contributed by atoms with E-state index in [1.54, 1.807) is 23.0 Å². The van der Waals surface area contributed by atoms with E-state index in [1.165, 1.54) is 6.26 Å². The maximum Gasteiger partial charge on any atom is 0.203 e. The van der Waals surface area contributed by atoms with Crippen LogP contribution in [0.2, 0.25) is 0 Å². The summed E-state index contributed by atoms with van der Waals surface area (Å²) in [7, 11) is 0. The Morgan fingerprint density at radius 1 is 1.61 bits per heavy atom. The topological polar surface area (TPSA) is 105 Å². The van der Waals surface area contributed by atoms with Gasteiger partial charge in [0.05, 0.1) is 11.2 Å². The van der Waals surface area contributed by atoms with Gasteiger partial charge in [0, 0.05) is 23.4 Å². The summed E-state index contributed by atoms with van der Waals surface area (Å²) in [6.45, 7) is 2.04. The molecule has 0 bridgehead atoms. The second-order valence-corrected chi connectivity index (χ2v) is 5.33. The van der Waals surface area contributed by atoms with Gasteiger partial charge in [-0.3, -0.25) is 5.14 Å². The fourth-order valence-corrected chi connectivity index (χ4v) is 2.59. The number of allylic oxidation sites excluding steroid dienone is 1. The Kier molecular flexibility index (Phi) is 4.32. The molecule has 116 valence electrons. The molecule has 3 heterocycles. The Morgan fingerprint density at radius 3 is 3.17 bits per heavy atom. The van der Waals surface area contributed by atoms with Crippen LogP contribution in [0.1, 0.15) is 19.1 Å². The molecule has 3 aromatic rings. The number of hydrogen-bond donors (Lipinski definition) is 2. The molecule has 0 saturated heterocycles. The molecule has 7 nitrogen and oxygen atoms in total. The number of fused-ring (bicyclic) bond motifs is 1. The van der Waals surface area contributed by atoms with Crippen molar-refractivity contribution in [3.63, 3.8) is 0 Å². The van der Waals surface area contributed by atoms with Crippen molar-refractivity contribution >= 4 is 23.4 Å². The largest absolute Gasteiger partial charge is 0.453 e. The Labute approximate surface area is 136 Å². The number of nitrogens with zero attached hydrogens (tertiary/aromatic N) is 4. The van der Waals surface area contributed by atoms with Crippen LogP contribution in [0.3, 0.4) is 0 Å². The lowest BCUT2D eigenvalue weighted by atomic mass is 10.2. The molecular weight excluding hydrogens is 312 g/mol. The van der Waals surface area contributed by atoms with Crippen LogP contribution in [0.15, 0.2) is 46.3 Å². The lowest BCUT2D eigenvalue weighted by Gasteiger charge is -2.09. The van der Waals surface area contributed by atoms with E-state index in [0.717, 1.165) is 40.3 Å². The molecule has 8 heteroatoms. The molecule has 23 heavy (non-hydrogen) atoms. The van der Waals surface area contributed by atoms with Crippen LogP contribution in [0.4, 0.5) is 5.82 Å². The van der Waals surface area contributed by atoms with Crippen LogP contribution in [-0.4, -0.2) is 14.6 Å². The molecule has 3 N–H and O–H groups in total. The number of anilines is 1. The minimum atomic E-state index is 0.251. The summed E-state index contributed by atoms with van der Waals surface area (Å²) in [5.41, 5.74) is 2.22. The van der Waals surface area contributed by atoms with Crippen molar-refractivity contribution < 1.29 is 4.42 Å². The fourth-order valence-electron chi connectivity index (χ4n) is 2.17. The van der Waals surface area contributed by atoms with Gasteiger partial charge >= 0.3 is 0 Å². The second kappa shape index (κ2) is 6.56. The van der Waals surface area contributed by atoms with Crippen molar-refractivity contribution in [2.24, 2.45) is 5.14 Å². The van der Waals surface area contributed by atoms with Crippen LogP contribution in [-0.2, 0) is 0 Å². The average Bonchev–Trinajstić information content (AvgIpc) is 3.21. The molecule has 3 rings (SSSR count). The van der Waals surface area contributed by atoms with E-state index >= 15 is 0 Å². The standard InChI is InChI=1S/C15H14N6OS/c1-2-3-14(23-17)20-13-4-5-18-15-12(8-19-21(13)15)10-6-11(7-16)22-9-10/h3-6,8-9,20H,2,17H2,1H3/b14-3-. The van der Waals surface area contributed by atoms with Crippen molar-refractivity contribution in [3.8, 4) is 17.2 Å². The summed E-state index contributed by atoms with van der Waals surface area (Å²) in [5.74, 6) is 1.00. The number of nitrogens with one attached hydrogen (secondary N) is 1. The van der Waals surface area contributed by atoms with Gasteiger partial charge in [-0.25, -0.2) is 4.98 Å². The van der Waals surface area contributed by atoms with E-state index in [9.17, 15) is 0 Å². The van der Waals surface area contributed by atoms with Gasteiger partial charge in [-0.15, -0.1) is 0 Å². The molecule has 0 spiro atoms. The SMILES string of the molecule is CC/C=C(/Nc1ccnc2c(-c3coc(C#N)c3)cnn12)SN. The number of rotatable bonds is 5. The lowest BCUT2D eigenvalue weighted by Crippen LogP contribution is -2.05. The minimum absolute atomic E-state index is 0.251. The molecule has 0 aliphatic rings. The van der Waals surface area contributed by atoms with E-state index < -0.39 is 0 Å². The van der Waals surface area contributed by atoms with Gasteiger partial charge in [-0.2, -0.15) is 14.9 Å². The molecule has 0 radical (unpaired) electrons. The van der Waals surface area contributed by atoms with Gasteiger partial charge in [0.1, 0.15) is 18.2 Å². The Bertz CT molecular complexity index is 904. The highest BCUT2D eigenvalue weighted by atomic mass is 32.2. The normalized spacial score (nSPS) is 11.6. The van der Waals surface area contributed by atoms with Gasteiger partial charge in [0.15, 0.2) is 5.65 Å². The molecule has 0 aliphatic heterocycles. The van der Waals surface area contributed by atoms with Crippen LogP contribution in [0, 0.1) is 11.3 Å². The number of aromatic nitrogens is 3. The second-order valence-electron chi connectivity index (χ2n) is 4.65. The molecule has 0 saturated carbocycles. The van der Waals surface area contributed by atoms with Crippen molar-refractivity contribution in [1.29, 1.82) is 5.26 Å². The first kappa shape index (κ1) is 15.1. The van der Waals surface area contributed by atoms with Gasteiger partial charge in [-0.1, -0.05) is 13.0 Å². The first-order chi connectivity index (χ1) is 11.3. The zero-order chi connectivity index (χ0) is 16.2. The molecule has 0 aliphatic carbocycles. The minimum Gasteiger partial charge on any atom is -0.453 e. The van der Waals surface area contributed by atoms with Crippen molar-refractivity contribution in [1.82, 2.24) is 14.6 Å². The highest BCUT2D eigenvalue weighted by Gasteiger charge is 2.13. The van der Waals surface area contributed by atoms with E-state index in [1.807, 2.05) is 25.1 Å². The molecule has 0 unspecified atom stereocenters. The number of nitriles is 1. The number of nitrogens with two attached hydrogens (primary N) is 1. The lowest BCUT2D eigenvalue weighted by molar-refractivity contribution is 0.553. The van der Waals surface area contributed by atoms with Crippen LogP contribution in [0.5, 0.6) is 0 Å². The molecule has 3 aromatic heterocycles. The summed E-state index contributed by atoms with van der Waals surface area (Å²) in [6.07, 6.45) is 7.78. The van der Waals surface area contributed by atoms with E-state index in [-0.39, 0.29) is 5.76 Å². The smallest absolute Gasteiger partial charge is 0.203 e. The highest BCUT2D eigenvalue weighted by molar-refractivity contribution is 8.01. The van der Waals surface area contributed by atoms with Crippen molar-refractivity contribution in [2.45, 2.75) is 13.3 Å². The zero-order valence-corrected chi connectivity index (χ0v) is 13.2. The summed E-state index contributed by atoms with van der Waals surface area (Å²) < 4.78 is 6.85. The number of furan rings is 1. The molecular formula is C15H14N6OS. The third kappa shape index (κ3) is 2.92. The van der Waals surface area contributed by atoms with Gasteiger partial charge in [0.25, 0.3) is 0 Å².